The number of carbonyl (C=O) groups excluding carboxylic acids is 1. The molecule has 2 aromatic heterocycles. The maximum Gasteiger partial charge on any atom is 0.319 e. The van der Waals surface area contributed by atoms with E-state index in [4.69, 9.17) is 9.15 Å². The van der Waals surface area contributed by atoms with Crippen LogP contribution in [-0.2, 0) is 6.42 Å². The largest absolute Gasteiger partial charge is 0.495 e. The maximum absolute atomic E-state index is 12.5. The lowest BCUT2D eigenvalue weighted by molar-refractivity contribution is 0.249. The Morgan fingerprint density at radius 3 is 2.79 bits per heavy atom. The highest BCUT2D eigenvalue weighted by Gasteiger charge is 2.16. The molecule has 8 heteroatoms. The van der Waals surface area contributed by atoms with E-state index < -0.39 is 0 Å². The molecule has 0 unspecified atom stereocenters. The molecule has 3 aromatic rings. The molecule has 28 heavy (non-hydrogen) atoms. The molecule has 0 aliphatic heterocycles. The van der Waals surface area contributed by atoms with Gasteiger partial charge in [-0.15, -0.1) is 10.2 Å². The molecular formula is C20H23N5O3. The van der Waals surface area contributed by atoms with Gasteiger partial charge in [0, 0.05) is 18.2 Å². The van der Waals surface area contributed by atoms with E-state index in [-0.39, 0.29) is 12.1 Å². The first-order valence-electron chi connectivity index (χ1n) is 9.01. The molecule has 3 rings (SSSR count). The summed E-state index contributed by atoms with van der Waals surface area (Å²) in [5.74, 6) is 1.47. The summed E-state index contributed by atoms with van der Waals surface area (Å²) in [6, 6.07) is 8.49. The van der Waals surface area contributed by atoms with Gasteiger partial charge in [0.15, 0.2) is 0 Å². The molecule has 0 aliphatic rings. The fourth-order valence-electron chi connectivity index (χ4n) is 2.83. The second-order valence-corrected chi connectivity index (χ2v) is 6.30. The van der Waals surface area contributed by atoms with Crippen LogP contribution in [0.4, 0.5) is 10.5 Å². The third-order valence-corrected chi connectivity index (χ3v) is 4.27. The van der Waals surface area contributed by atoms with Crippen LogP contribution in [0.15, 0.2) is 40.9 Å². The van der Waals surface area contributed by atoms with Crippen molar-refractivity contribution < 1.29 is 13.9 Å². The lowest BCUT2D eigenvalue weighted by atomic mass is 10.1. The maximum atomic E-state index is 12.5. The molecule has 1 atom stereocenters. The summed E-state index contributed by atoms with van der Waals surface area (Å²) < 4.78 is 10.9. The minimum Gasteiger partial charge on any atom is -0.495 e. The quantitative estimate of drug-likeness (QED) is 0.671. The molecular weight excluding hydrogens is 358 g/mol. The molecule has 0 radical (unpaired) electrons. The van der Waals surface area contributed by atoms with Crippen LogP contribution in [-0.4, -0.2) is 28.3 Å². The summed E-state index contributed by atoms with van der Waals surface area (Å²) in [6.45, 7) is 5.78. The average molecular weight is 381 g/mol. The number of methoxy groups -OCH3 is 1. The van der Waals surface area contributed by atoms with Gasteiger partial charge in [0.25, 0.3) is 0 Å². The van der Waals surface area contributed by atoms with Gasteiger partial charge in [0.05, 0.1) is 24.5 Å². The van der Waals surface area contributed by atoms with Crippen LogP contribution >= 0.6 is 0 Å². The van der Waals surface area contributed by atoms with Crippen LogP contribution in [0.2, 0.25) is 0 Å². The molecule has 146 valence electrons. The summed E-state index contributed by atoms with van der Waals surface area (Å²) in [5.41, 5.74) is 3.02. The van der Waals surface area contributed by atoms with Crippen molar-refractivity contribution in [3.05, 3.63) is 53.7 Å². The molecule has 8 nitrogen and oxygen atoms in total. The van der Waals surface area contributed by atoms with E-state index in [1.54, 1.807) is 31.5 Å². The van der Waals surface area contributed by atoms with Crippen LogP contribution in [0, 0.1) is 6.92 Å². The smallest absolute Gasteiger partial charge is 0.319 e. The predicted octanol–water partition coefficient (Wildman–Crippen LogP) is 3.89. The molecule has 2 heterocycles. The Balaban J connectivity index is 1.77. The van der Waals surface area contributed by atoms with Crippen molar-refractivity contribution in [2.45, 2.75) is 33.2 Å². The molecule has 0 spiro atoms. The number of hydrogen-bond donors (Lipinski definition) is 2. The van der Waals surface area contributed by atoms with E-state index in [2.05, 4.69) is 25.8 Å². The number of aromatic nitrogens is 3. The van der Waals surface area contributed by atoms with Gasteiger partial charge < -0.3 is 19.8 Å². The molecule has 0 aliphatic carbocycles. The van der Waals surface area contributed by atoms with Gasteiger partial charge in [-0.2, -0.15) is 0 Å². The van der Waals surface area contributed by atoms with E-state index in [1.807, 2.05) is 32.9 Å². The SMILES string of the molecule is CCc1nnc(-c2ccc(OC)c(NC(=O)N[C@@H](C)c3ncccc3C)c2)o1. The first-order chi connectivity index (χ1) is 13.5. The van der Waals surface area contributed by atoms with Crippen LogP contribution in [0.5, 0.6) is 5.75 Å². The Morgan fingerprint density at radius 1 is 1.29 bits per heavy atom. The summed E-state index contributed by atoms with van der Waals surface area (Å²) >= 11 is 0. The van der Waals surface area contributed by atoms with E-state index in [0.717, 1.165) is 11.3 Å². The highest BCUT2D eigenvalue weighted by Crippen LogP contribution is 2.30. The molecule has 0 saturated carbocycles. The zero-order valence-corrected chi connectivity index (χ0v) is 16.3. The van der Waals surface area contributed by atoms with Crippen molar-refractivity contribution in [2.75, 3.05) is 12.4 Å². The number of nitrogens with one attached hydrogen (secondary N) is 2. The predicted molar refractivity (Wildman–Crippen MR) is 105 cm³/mol. The van der Waals surface area contributed by atoms with Crippen molar-refractivity contribution in [2.24, 2.45) is 0 Å². The number of ether oxygens (including phenoxy) is 1. The van der Waals surface area contributed by atoms with Crippen molar-refractivity contribution in [3.63, 3.8) is 0 Å². The lowest BCUT2D eigenvalue weighted by Crippen LogP contribution is -2.32. The Kier molecular flexibility index (Phi) is 5.88. The van der Waals surface area contributed by atoms with Crippen molar-refractivity contribution in [1.29, 1.82) is 0 Å². The van der Waals surface area contributed by atoms with E-state index in [0.29, 0.717) is 35.2 Å². The Hall–Kier alpha value is -3.42. The molecule has 1 aromatic carbocycles. The molecule has 0 bridgehead atoms. The van der Waals surface area contributed by atoms with Crippen LogP contribution in [0.3, 0.4) is 0 Å². The summed E-state index contributed by atoms with van der Waals surface area (Å²) in [5, 5.41) is 13.7. The Morgan fingerprint density at radius 2 is 2.11 bits per heavy atom. The van der Waals surface area contributed by atoms with E-state index >= 15 is 0 Å². The van der Waals surface area contributed by atoms with E-state index in [9.17, 15) is 4.79 Å². The summed E-state index contributed by atoms with van der Waals surface area (Å²) in [6.07, 6.45) is 2.36. The number of benzene rings is 1. The normalized spacial score (nSPS) is 11.7. The monoisotopic (exact) mass is 381 g/mol. The second-order valence-electron chi connectivity index (χ2n) is 6.30. The number of pyridine rings is 1. The van der Waals surface area contributed by atoms with Gasteiger partial charge in [-0.3, -0.25) is 4.98 Å². The first-order valence-corrected chi connectivity index (χ1v) is 9.01. The number of urea groups is 1. The standard InChI is InChI=1S/C20H23N5O3/c1-5-17-24-25-19(28-17)14-8-9-16(27-4)15(11-14)23-20(26)22-13(3)18-12(2)7-6-10-21-18/h6-11,13H,5H2,1-4H3,(H2,22,23,26)/t13-/m0/s1. The summed E-state index contributed by atoms with van der Waals surface area (Å²) in [4.78, 5) is 16.9. The van der Waals surface area contributed by atoms with Gasteiger partial charge in [-0.25, -0.2) is 4.79 Å². The van der Waals surface area contributed by atoms with Gasteiger partial charge in [0.1, 0.15) is 5.75 Å². The van der Waals surface area contributed by atoms with Crippen LogP contribution in [0.1, 0.15) is 37.0 Å². The number of anilines is 1. The van der Waals surface area contributed by atoms with Gasteiger partial charge in [-0.05, 0) is 43.7 Å². The highest BCUT2D eigenvalue weighted by molar-refractivity contribution is 5.92. The van der Waals surface area contributed by atoms with Gasteiger partial charge in [-0.1, -0.05) is 13.0 Å². The fourth-order valence-corrected chi connectivity index (χ4v) is 2.83. The topological polar surface area (TPSA) is 102 Å². The number of amides is 2. The zero-order valence-electron chi connectivity index (χ0n) is 16.3. The average Bonchev–Trinajstić information content (AvgIpc) is 3.17. The van der Waals surface area contributed by atoms with E-state index in [1.165, 1.54) is 0 Å². The third-order valence-electron chi connectivity index (χ3n) is 4.27. The number of nitrogens with zero attached hydrogens (tertiary/aromatic N) is 3. The number of carbonyl (C=O) groups is 1. The van der Waals surface area contributed by atoms with Crippen molar-refractivity contribution in [3.8, 4) is 17.2 Å². The van der Waals surface area contributed by atoms with Crippen molar-refractivity contribution in [1.82, 2.24) is 20.5 Å². The van der Waals surface area contributed by atoms with Crippen LogP contribution < -0.4 is 15.4 Å². The highest BCUT2D eigenvalue weighted by atomic mass is 16.5. The van der Waals surface area contributed by atoms with Gasteiger partial charge in [0.2, 0.25) is 11.8 Å². The number of hydrogen-bond acceptors (Lipinski definition) is 6. The second kappa shape index (κ2) is 8.51. The lowest BCUT2D eigenvalue weighted by Gasteiger charge is -2.17. The Bertz CT molecular complexity index is 970. The van der Waals surface area contributed by atoms with Crippen molar-refractivity contribution >= 4 is 11.7 Å². The Labute approximate surface area is 163 Å². The molecule has 0 saturated heterocycles. The molecule has 2 N–H and O–H groups in total. The number of aryl methyl sites for hydroxylation is 2. The third kappa shape index (κ3) is 4.28. The number of rotatable bonds is 6. The van der Waals surface area contributed by atoms with Crippen LogP contribution in [0.25, 0.3) is 11.5 Å². The minimum absolute atomic E-state index is 0.251. The molecule has 0 fully saturated rings. The summed E-state index contributed by atoms with van der Waals surface area (Å²) in [7, 11) is 1.54. The zero-order chi connectivity index (χ0) is 20.1. The minimum atomic E-state index is -0.368. The molecule has 2 amide bonds. The fraction of sp³-hybridized carbons (Fsp3) is 0.300. The van der Waals surface area contributed by atoms with Gasteiger partial charge >= 0.3 is 6.03 Å². The first kappa shape index (κ1) is 19.3.